The maximum Gasteiger partial charge on any atom is 0.238 e. The van der Waals surface area contributed by atoms with Crippen LogP contribution in [0.2, 0.25) is 0 Å². The van der Waals surface area contributed by atoms with Gasteiger partial charge in [0.25, 0.3) is 0 Å². The van der Waals surface area contributed by atoms with Gasteiger partial charge in [-0.05, 0) is 25.0 Å². The van der Waals surface area contributed by atoms with E-state index < -0.39 is 0 Å². The van der Waals surface area contributed by atoms with Crippen molar-refractivity contribution in [2.24, 2.45) is 7.05 Å². The van der Waals surface area contributed by atoms with Crippen molar-refractivity contribution in [2.45, 2.75) is 31.7 Å². The Kier molecular flexibility index (Phi) is 4.09. The molecule has 1 saturated heterocycles. The first-order chi connectivity index (χ1) is 12.2. The normalized spacial score (nSPS) is 17.3. The van der Waals surface area contributed by atoms with E-state index in [2.05, 4.69) is 15.2 Å². The first kappa shape index (κ1) is 15.6. The molecule has 1 amide bonds. The van der Waals surface area contributed by atoms with Crippen molar-refractivity contribution in [2.75, 3.05) is 6.54 Å². The van der Waals surface area contributed by atoms with E-state index >= 15 is 0 Å². The van der Waals surface area contributed by atoms with E-state index in [9.17, 15) is 4.79 Å². The molecule has 3 aromatic heterocycles. The summed E-state index contributed by atoms with van der Waals surface area (Å²) in [5.41, 5.74) is 1.09. The summed E-state index contributed by atoms with van der Waals surface area (Å²) < 4.78 is 12.2. The Hall–Kier alpha value is -2.90. The third kappa shape index (κ3) is 3.19. The minimum atomic E-state index is 0.101. The van der Waals surface area contributed by atoms with Crippen LogP contribution in [0.15, 0.2) is 39.7 Å². The van der Waals surface area contributed by atoms with Crippen LogP contribution in [0.4, 0.5) is 0 Å². The van der Waals surface area contributed by atoms with Gasteiger partial charge in [-0.3, -0.25) is 9.48 Å². The van der Waals surface area contributed by atoms with E-state index in [4.69, 9.17) is 8.94 Å². The summed E-state index contributed by atoms with van der Waals surface area (Å²) in [5, 5.41) is 8.10. The lowest BCUT2D eigenvalue weighted by Gasteiger charge is -2.23. The zero-order valence-electron chi connectivity index (χ0n) is 14.0. The van der Waals surface area contributed by atoms with Gasteiger partial charge in [-0.2, -0.15) is 10.1 Å². The zero-order valence-corrected chi connectivity index (χ0v) is 14.0. The van der Waals surface area contributed by atoms with Crippen molar-refractivity contribution >= 4 is 5.91 Å². The van der Waals surface area contributed by atoms with Gasteiger partial charge in [0.15, 0.2) is 5.76 Å². The summed E-state index contributed by atoms with van der Waals surface area (Å²) in [4.78, 5) is 18.8. The Balaban J connectivity index is 1.38. The minimum absolute atomic E-state index is 0.101. The number of hydrogen-bond acceptors (Lipinski definition) is 6. The van der Waals surface area contributed by atoms with E-state index in [1.54, 1.807) is 23.1 Å². The van der Waals surface area contributed by atoms with E-state index in [-0.39, 0.29) is 11.9 Å². The van der Waals surface area contributed by atoms with Gasteiger partial charge in [0.05, 0.1) is 18.5 Å². The molecule has 1 atom stereocenters. The molecule has 0 bridgehead atoms. The van der Waals surface area contributed by atoms with Gasteiger partial charge in [-0.25, -0.2) is 0 Å². The first-order valence-corrected chi connectivity index (χ1v) is 8.35. The van der Waals surface area contributed by atoms with E-state index in [1.807, 2.05) is 24.3 Å². The third-order valence-electron chi connectivity index (χ3n) is 4.45. The molecular weight excluding hydrogens is 322 g/mol. The summed E-state index contributed by atoms with van der Waals surface area (Å²) in [7, 11) is 1.89. The minimum Gasteiger partial charge on any atom is -0.461 e. The molecule has 0 saturated carbocycles. The molecule has 4 rings (SSSR count). The molecule has 25 heavy (non-hydrogen) atoms. The molecule has 130 valence electrons. The van der Waals surface area contributed by atoms with Gasteiger partial charge in [-0.15, -0.1) is 0 Å². The Morgan fingerprint density at radius 1 is 1.44 bits per heavy atom. The molecule has 1 fully saturated rings. The predicted molar refractivity (Wildman–Crippen MR) is 87.2 cm³/mol. The van der Waals surface area contributed by atoms with Crippen molar-refractivity contribution < 1.29 is 13.7 Å². The molecule has 8 nitrogen and oxygen atoms in total. The lowest BCUT2D eigenvalue weighted by molar-refractivity contribution is -0.132. The topological polar surface area (TPSA) is 90.2 Å². The lowest BCUT2D eigenvalue weighted by Crippen LogP contribution is -2.30. The quantitative estimate of drug-likeness (QED) is 0.707. The van der Waals surface area contributed by atoms with Crippen LogP contribution >= 0.6 is 0 Å². The second kappa shape index (κ2) is 6.54. The summed E-state index contributed by atoms with van der Waals surface area (Å²) in [6.45, 7) is 0.778. The van der Waals surface area contributed by atoms with Crippen molar-refractivity contribution in [1.29, 1.82) is 0 Å². The SMILES string of the molecule is Cn1cc([C@H]2CCCN2C(=O)CCc2nc(-c3ccco3)no2)cn1. The Morgan fingerprint density at radius 2 is 2.36 bits per heavy atom. The van der Waals surface area contributed by atoms with Crippen molar-refractivity contribution in [1.82, 2.24) is 24.8 Å². The van der Waals surface area contributed by atoms with Crippen LogP contribution in [0.25, 0.3) is 11.6 Å². The number of furan rings is 1. The van der Waals surface area contributed by atoms with Crippen molar-refractivity contribution in [3.8, 4) is 11.6 Å². The maximum atomic E-state index is 12.6. The highest BCUT2D eigenvalue weighted by Gasteiger charge is 2.30. The monoisotopic (exact) mass is 341 g/mol. The summed E-state index contributed by atoms with van der Waals surface area (Å²) >= 11 is 0. The second-order valence-electron chi connectivity index (χ2n) is 6.18. The molecule has 3 aromatic rings. The van der Waals surface area contributed by atoms with Gasteiger partial charge in [0, 0.05) is 38.2 Å². The Morgan fingerprint density at radius 3 is 3.12 bits per heavy atom. The molecule has 4 heterocycles. The second-order valence-corrected chi connectivity index (χ2v) is 6.18. The maximum absolute atomic E-state index is 12.6. The zero-order chi connectivity index (χ0) is 17.2. The highest BCUT2D eigenvalue weighted by atomic mass is 16.5. The highest BCUT2D eigenvalue weighted by molar-refractivity contribution is 5.77. The fourth-order valence-corrected chi connectivity index (χ4v) is 3.24. The molecule has 0 aliphatic carbocycles. The standard InChI is InChI=1S/C17H19N5O3/c1-21-11-12(10-18-21)13-4-2-8-22(13)16(23)7-6-15-19-17(20-25-15)14-5-3-9-24-14/h3,5,9-11,13H,2,4,6-8H2,1H3/t13-/m1/s1. The van der Waals surface area contributed by atoms with Crippen LogP contribution in [0.3, 0.4) is 0 Å². The number of amides is 1. The number of likely N-dealkylation sites (tertiary alicyclic amines) is 1. The fraction of sp³-hybridized carbons (Fsp3) is 0.412. The summed E-state index contributed by atoms with van der Waals surface area (Å²) in [6.07, 6.45) is 8.11. The van der Waals surface area contributed by atoms with E-state index in [1.165, 1.54) is 0 Å². The molecule has 8 heteroatoms. The predicted octanol–water partition coefficient (Wildman–Crippen LogP) is 2.36. The number of aryl methyl sites for hydroxylation is 2. The lowest BCUT2D eigenvalue weighted by atomic mass is 10.1. The first-order valence-electron chi connectivity index (χ1n) is 8.35. The number of hydrogen-bond donors (Lipinski definition) is 0. The van der Waals surface area contributed by atoms with Crippen LogP contribution in [0.1, 0.15) is 36.8 Å². The number of nitrogens with zero attached hydrogens (tertiary/aromatic N) is 5. The largest absolute Gasteiger partial charge is 0.461 e. The smallest absolute Gasteiger partial charge is 0.238 e. The average molecular weight is 341 g/mol. The molecule has 0 N–H and O–H groups in total. The number of carbonyl (C=O) groups is 1. The van der Waals surface area contributed by atoms with Gasteiger partial charge in [0.1, 0.15) is 0 Å². The summed E-state index contributed by atoms with van der Waals surface area (Å²) in [5.74, 6) is 1.50. The van der Waals surface area contributed by atoms with Crippen LogP contribution in [-0.2, 0) is 18.3 Å². The average Bonchev–Trinajstić information content (AvgIpc) is 3.38. The molecule has 1 aliphatic heterocycles. The number of aromatic nitrogens is 4. The Bertz CT molecular complexity index is 851. The van der Waals surface area contributed by atoms with Crippen molar-refractivity contribution in [3.63, 3.8) is 0 Å². The Labute approximate surface area is 144 Å². The molecule has 0 unspecified atom stereocenters. The molecule has 1 aliphatic rings. The molecule has 0 spiro atoms. The highest BCUT2D eigenvalue weighted by Crippen LogP contribution is 2.32. The molecule has 0 aromatic carbocycles. The van der Waals surface area contributed by atoms with Crippen LogP contribution < -0.4 is 0 Å². The number of carbonyl (C=O) groups excluding carboxylic acids is 1. The molecular formula is C17H19N5O3. The molecule has 0 radical (unpaired) electrons. The van der Waals surface area contributed by atoms with Crippen LogP contribution in [-0.4, -0.2) is 37.3 Å². The fourth-order valence-electron chi connectivity index (χ4n) is 3.24. The van der Waals surface area contributed by atoms with Crippen LogP contribution in [0, 0.1) is 0 Å². The van der Waals surface area contributed by atoms with E-state index in [0.717, 1.165) is 24.9 Å². The van der Waals surface area contributed by atoms with Crippen molar-refractivity contribution in [3.05, 3.63) is 42.2 Å². The number of rotatable bonds is 5. The summed E-state index contributed by atoms with van der Waals surface area (Å²) in [6, 6.07) is 3.64. The van der Waals surface area contributed by atoms with Gasteiger partial charge < -0.3 is 13.8 Å². The van der Waals surface area contributed by atoms with E-state index in [0.29, 0.717) is 30.3 Å². The van der Waals surface area contributed by atoms with Gasteiger partial charge in [-0.1, -0.05) is 5.16 Å². The van der Waals surface area contributed by atoms with Gasteiger partial charge >= 0.3 is 0 Å². The third-order valence-corrected chi connectivity index (χ3v) is 4.45. The van der Waals surface area contributed by atoms with Crippen LogP contribution in [0.5, 0.6) is 0 Å². The van der Waals surface area contributed by atoms with Gasteiger partial charge in [0.2, 0.25) is 17.6 Å².